The molecule has 0 fully saturated rings. The summed E-state index contributed by atoms with van der Waals surface area (Å²) in [5.74, 6) is -0.188. The Hall–Kier alpha value is -2.38. The number of carbonyl (C=O) groups is 1. The Labute approximate surface area is 141 Å². The Balaban J connectivity index is 2.00. The molecule has 0 atom stereocenters. The normalized spacial score (nSPS) is 11.1. The third-order valence-electron chi connectivity index (χ3n) is 3.19. The number of carbonyl (C=O) groups excluding carboxylic acids is 1. The minimum atomic E-state index is -3.88. The largest absolute Gasteiger partial charge is 0.461 e. The summed E-state index contributed by atoms with van der Waals surface area (Å²) >= 11 is 0. The van der Waals surface area contributed by atoms with E-state index < -0.39 is 10.1 Å². The highest BCUT2D eigenvalue weighted by Crippen LogP contribution is 2.20. The monoisotopic (exact) mass is 349 g/mol. The van der Waals surface area contributed by atoms with Gasteiger partial charge >= 0.3 is 16.1 Å². The average Bonchev–Trinajstić information content (AvgIpc) is 2.54. The van der Waals surface area contributed by atoms with Crippen molar-refractivity contribution < 1.29 is 22.1 Å². The molecular formula is C17H19NO5S. The van der Waals surface area contributed by atoms with E-state index in [2.05, 4.69) is 0 Å². The van der Waals surface area contributed by atoms with E-state index in [9.17, 15) is 13.2 Å². The molecule has 128 valence electrons. The lowest BCUT2D eigenvalue weighted by Crippen LogP contribution is -2.11. The van der Waals surface area contributed by atoms with E-state index in [1.165, 1.54) is 24.3 Å². The first-order valence-electron chi connectivity index (χ1n) is 7.36. The summed E-state index contributed by atoms with van der Waals surface area (Å²) in [5.41, 5.74) is 6.94. The molecule has 24 heavy (non-hydrogen) atoms. The van der Waals surface area contributed by atoms with Gasteiger partial charge < -0.3 is 14.7 Å². The molecule has 2 aromatic carbocycles. The van der Waals surface area contributed by atoms with Crippen LogP contribution in [0.3, 0.4) is 0 Å². The second kappa shape index (κ2) is 7.94. The zero-order valence-electron chi connectivity index (χ0n) is 13.3. The van der Waals surface area contributed by atoms with Crippen molar-refractivity contribution in [2.75, 3.05) is 6.54 Å². The van der Waals surface area contributed by atoms with Crippen LogP contribution in [0.15, 0.2) is 53.4 Å². The highest BCUT2D eigenvalue weighted by Gasteiger charge is 2.16. The molecule has 0 heterocycles. The number of nitrogens with two attached hydrogens (primary N) is 1. The fourth-order valence-electron chi connectivity index (χ4n) is 1.87. The lowest BCUT2D eigenvalue weighted by Gasteiger charge is -2.08. The summed E-state index contributed by atoms with van der Waals surface area (Å²) in [6, 6.07) is 12.7. The van der Waals surface area contributed by atoms with Gasteiger partial charge in [0.1, 0.15) is 17.3 Å². The molecule has 0 radical (unpaired) electrons. The summed E-state index contributed by atoms with van der Waals surface area (Å²) < 4.78 is 34.5. The van der Waals surface area contributed by atoms with Gasteiger partial charge in [-0.1, -0.05) is 29.8 Å². The van der Waals surface area contributed by atoms with Crippen molar-refractivity contribution in [3.8, 4) is 5.75 Å². The molecule has 0 spiro atoms. The maximum absolute atomic E-state index is 12.2. The van der Waals surface area contributed by atoms with Gasteiger partial charge in [-0.3, -0.25) is 4.79 Å². The van der Waals surface area contributed by atoms with Gasteiger partial charge in [-0.05, 0) is 36.8 Å². The molecule has 7 heteroatoms. The average molecular weight is 349 g/mol. The minimum absolute atomic E-state index is 0.0906. The van der Waals surface area contributed by atoms with Gasteiger partial charge in [0.15, 0.2) is 0 Å². The quantitative estimate of drug-likeness (QED) is 0.608. The lowest BCUT2D eigenvalue weighted by molar-refractivity contribution is -0.144. The first kappa shape index (κ1) is 18.0. The van der Waals surface area contributed by atoms with Gasteiger partial charge in [0, 0.05) is 6.54 Å². The first-order valence-corrected chi connectivity index (χ1v) is 8.77. The zero-order valence-corrected chi connectivity index (χ0v) is 14.1. The van der Waals surface area contributed by atoms with Crippen LogP contribution in [0.25, 0.3) is 0 Å². The second-order valence-corrected chi connectivity index (χ2v) is 6.74. The first-order chi connectivity index (χ1) is 11.4. The molecule has 0 saturated carbocycles. The fourth-order valence-corrected chi connectivity index (χ4v) is 2.80. The molecule has 0 aliphatic rings. The van der Waals surface area contributed by atoms with Crippen LogP contribution in [0.2, 0.25) is 0 Å². The summed E-state index contributed by atoms with van der Waals surface area (Å²) in [6.07, 6.45) is 0.163. The van der Waals surface area contributed by atoms with E-state index in [1.54, 1.807) is 24.3 Å². The molecule has 0 aromatic heterocycles. The van der Waals surface area contributed by atoms with Gasteiger partial charge in [0.05, 0.1) is 6.42 Å². The maximum atomic E-state index is 12.2. The Kier molecular flexibility index (Phi) is 5.94. The number of benzene rings is 2. The van der Waals surface area contributed by atoms with Crippen LogP contribution in [-0.2, 0) is 26.3 Å². The van der Waals surface area contributed by atoms with E-state index in [1.807, 2.05) is 6.92 Å². The maximum Gasteiger partial charge on any atom is 0.339 e. The molecule has 0 amide bonds. The third kappa shape index (κ3) is 5.07. The van der Waals surface area contributed by atoms with Crippen molar-refractivity contribution in [2.45, 2.75) is 24.8 Å². The van der Waals surface area contributed by atoms with Crippen LogP contribution in [0.4, 0.5) is 0 Å². The fraction of sp³-hybridized carbons (Fsp3) is 0.235. The summed E-state index contributed by atoms with van der Waals surface area (Å²) in [6.45, 7) is 2.21. The SMILES string of the molecule is Cc1ccc(S(=O)(=O)Oc2ccc(COC(=O)CCN)cc2)cc1. The Bertz CT molecular complexity index is 783. The molecule has 2 rings (SSSR count). The molecule has 0 aliphatic heterocycles. The van der Waals surface area contributed by atoms with Crippen molar-refractivity contribution in [3.63, 3.8) is 0 Å². The van der Waals surface area contributed by atoms with Crippen molar-refractivity contribution in [1.82, 2.24) is 0 Å². The van der Waals surface area contributed by atoms with E-state index in [-0.39, 0.29) is 36.2 Å². The molecule has 0 aliphatic carbocycles. The smallest absolute Gasteiger partial charge is 0.339 e. The van der Waals surface area contributed by atoms with Gasteiger partial charge in [0.2, 0.25) is 0 Å². The van der Waals surface area contributed by atoms with Crippen LogP contribution in [0, 0.1) is 6.92 Å². The van der Waals surface area contributed by atoms with E-state index in [0.717, 1.165) is 11.1 Å². The number of rotatable bonds is 7. The number of hydrogen-bond acceptors (Lipinski definition) is 6. The Morgan fingerprint density at radius 2 is 1.67 bits per heavy atom. The Morgan fingerprint density at radius 3 is 2.25 bits per heavy atom. The number of aryl methyl sites for hydroxylation is 1. The molecule has 2 N–H and O–H groups in total. The van der Waals surface area contributed by atoms with Crippen molar-refractivity contribution in [3.05, 3.63) is 59.7 Å². The predicted octanol–water partition coefficient (Wildman–Crippen LogP) is 2.15. The standard InChI is InChI=1S/C17H19NO5S/c1-13-2-8-16(9-3-13)24(20,21)23-15-6-4-14(5-7-15)12-22-17(19)10-11-18/h2-9H,10-12,18H2,1H3. The summed E-state index contributed by atoms with van der Waals surface area (Å²) in [4.78, 5) is 11.3. The molecule has 2 aromatic rings. The van der Waals surface area contributed by atoms with Gasteiger partial charge in [0.25, 0.3) is 0 Å². The molecule has 6 nitrogen and oxygen atoms in total. The van der Waals surface area contributed by atoms with Crippen molar-refractivity contribution >= 4 is 16.1 Å². The zero-order chi connectivity index (χ0) is 17.6. The second-order valence-electron chi connectivity index (χ2n) is 5.19. The molecular weight excluding hydrogens is 330 g/mol. The highest BCUT2D eigenvalue weighted by molar-refractivity contribution is 7.87. The number of ether oxygens (including phenoxy) is 1. The van der Waals surface area contributed by atoms with Gasteiger partial charge in [-0.25, -0.2) is 0 Å². The topological polar surface area (TPSA) is 95.7 Å². The van der Waals surface area contributed by atoms with E-state index in [4.69, 9.17) is 14.7 Å². The summed E-state index contributed by atoms with van der Waals surface area (Å²) in [7, 11) is -3.88. The van der Waals surface area contributed by atoms with Gasteiger partial charge in [-0.15, -0.1) is 0 Å². The number of esters is 1. The lowest BCUT2D eigenvalue weighted by atomic mass is 10.2. The molecule has 0 saturated heterocycles. The molecule has 0 unspecified atom stereocenters. The highest BCUT2D eigenvalue weighted by atomic mass is 32.2. The van der Waals surface area contributed by atoms with Crippen LogP contribution < -0.4 is 9.92 Å². The summed E-state index contributed by atoms with van der Waals surface area (Å²) in [5, 5.41) is 0. The van der Waals surface area contributed by atoms with Crippen molar-refractivity contribution in [2.24, 2.45) is 5.73 Å². The van der Waals surface area contributed by atoms with Gasteiger partial charge in [-0.2, -0.15) is 8.42 Å². The van der Waals surface area contributed by atoms with Crippen LogP contribution in [-0.4, -0.2) is 20.9 Å². The molecule has 0 bridgehead atoms. The number of hydrogen-bond donors (Lipinski definition) is 1. The predicted molar refractivity (Wildman–Crippen MR) is 88.9 cm³/mol. The van der Waals surface area contributed by atoms with Crippen LogP contribution in [0.1, 0.15) is 17.5 Å². The minimum Gasteiger partial charge on any atom is -0.461 e. The third-order valence-corrected chi connectivity index (χ3v) is 4.45. The Morgan fingerprint density at radius 1 is 1.04 bits per heavy atom. The van der Waals surface area contributed by atoms with E-state index >= 15 is 0 Å². The van der Waals surface area contributed by atoms with E-state index in [0.29, 0.717) is 0 Å². The van der Waals surface area contributed by atoms with Crippen LogP contribution >= 0.6 is 0 Å². The van der Waals surface area contributed by atoms with Crippen molar-refractivity contribution in [1.29, 1.82) is 0 Å². The van der Waals surface area contributed by atoms with Crippen LogP contribution in [0.5, 0.6) is 5.75 Å².